The first-order chi connectivity index (χ1) is 10.5. The summed E-state index contributed by atoms with van der Waals surface area (Å²) in [5, 5.41) is 0. The topological polar surface area (TPSA) is 35.2 Å². The molecule has 0 bridgehead atoms. The number of nitrogens with two attached hydrogens (primary N) is 1. The van der Waals surface area contributed by atoms with Crippen LogP contribution >= 0.6 is 0 Å². The number of hydrogen-bond donors (Lipinski definition) is 1. The Morgan fingerprint density at radius 3 is 2.18 bits per heavy atom. The van der Waals surface area contributed by atoms with Crippen LogP contribution < -0.4 is 10.5 Å². The van der Waals surface area contributed by atoms with Crippen LogP contribution in [0.5, 0.6) is 5.75 Å². The monoisotopic (exact) mass is 295 g/mol. The molecule has 0 aliphatic heterocycles. The SMILES string of the molecule is Cc1cc(C2(C(C)N)CC2)cc(C)c1OCc1ccccc1. The molecular weight excluding hydrogens is 270 g/mol. The van der Waals surface area contributed by atoms with E-state index in [4.69, 9.17) is 10.5 Å². The standard InChI is InChI=1S/C20H25NO/c1-14-11-18(20(9-10-20)16(3)21)12-15(2)19(14)22-13-17-7-5-4-6-8-17/h4-8,11-12,16H,9-10,13,21H2,1-3H3. The summed E-state index contributed by atoms with van der Waals surface area (Å²) >= 11 is 0. The van der Waals surface area contributed by atoms with Crippen molar-refractivity contribution in [3.63, 3.8) is 0 Å². The Morgan fingerprint density at radius 1 is 1.09 bits per heavy atom. The Bertz CT molecular complexity index is 634. The largest absolute Gasteiger partial charge is 0.488 e. The van der Waals surface area contributed by atoms with Crippen LogP contribution in [0.3, 0.4) is 0 Å². The van der Waals surface area contributed by atoms with Gasteiger partial charge in [-0.3, -0.25) is 0 Å². The molecule has 3 rings (SSSR count). The fraction of sp³-hybridized carbons (Fsp3) is 0.400. The van der Waals surface area contributed by atoms with E-state index in [9.17, 15) is 0 Å². The first-order valence-corrected chi connectivity index (χ1v) is 8.07. The molecule has 22 heavy (non-hydrogen) atoms. The molecule has 1 atom stereocenters. The van der Waals surface area contributed by atoms with E-state index in [0.717, 1.165) is 5.75 Å². The number of aryl methyl sites for hydroxylation is 2. The second-order valence-corrected chi connectivity index (χ2v) is 6.66. The molecule has 2 aromatic carbocycles. The van der Waals surface area contributed by atoms with E-state index in [-0.39, 0.29) is 11.5 Å². The quantitative estimate of drug-likeness (QED) is 0.894. The smallest absolute Gasteiger partial charge is 0.125 e. The van der Waals surface area contributed by atoms with Crippen LogP contribution in [-0.4, -0.2) is 6.04 Å². The van der Waals surface area contributed by atoms with Crippen LogP contribution in [0, 0.1) is 13.8 Å². The Kier molecular flexibility index (Phi) is 3.96. The van der Waals surface area contributed by atoms with Crippen LogP contribution in [0.4, 0.5) is 0 Å². The van der Waals surface area contributed by atoms with E-state index in [1.54, 1.807) is 0 Å². The summed E-state index contributed by atoms with van der Waals surface area (Å²) in [4.78, 5) is 0. The van der Waals surface area contributed by atoms with Gasteiger partial charge in [0.15, 0.2) is 0 Å². The molecule has 0 radical (unpaired) electrons. The third-order valence-electron chi connectivity index (χ3n) is 4.92. The van der Waals surface area contributed by atoms with Gasteiger partial charge in [-0.05, 0) is 55.9 Å². The second kappa shape index (κ2) is 5.77. The van der Waals surface area contributed by atoms with Crippen molar-refractivity contribution in [2.24, 2.45) is 5.73 Å². The molecule has 0 saturated heterocycles. The Morgan fingerprint density at radius 2 is 1.68 bits per heavy atom. The van der Waals surface area contributed by atoms with Gasteiger partial charge >= 0.3 is 0 Å². The Balaban J connectivity index is 1.82. The van der Waals surface area contributed by atoms with Gasteiger partial charge in [0.1, 0.15) is 12.4 Å². The summed E-state index contributed by atoms with van der Waals surface area (Å²) in [6.45, 7) is 7.00. The van der Waals surface area contributed by atoms with Crippen molar-refractivity contribution in [1.82, 2.24) is 0 Å². The van der Waals surface area contributed by atoms with Gasteiger partial charge in [-0.25, -0.2) is 0 Å². The third-order valence-corrected chi connectivity index (χ3v) is 4.92. The summed E-state index contributed by atoms with van der Waals surface area (Å²) in [5.41, 5.74) is 11.4. The highest BCUT2D eigenvalue weighted by Gasteiger charge is 2.47. The highest BCUT2D eigenvalue weighted by atomic mass is 16.5. The molecule has 2 N–H and O–H groups in total. The average molecular weight is 295 g/mol. The lowest BCUT2D eigenvalue weighted by Crippen LogP contribution is -2.31. The van der Waals surface area contributed by atoms with E-state index >= 15 is 0 Å². The highest BCUT2D eigenvalue weighted by Crippen LogP contribution is 2.51. The van der Waals surface area contributed by atoms with Crippen molar-refractivity contribution < 1.29 is 4.74 Å². The van der Waals surface area contributed by atoms with Crippen LogP contribution in [0.25, 0.3) is 0 Å². The van der Waals surface area contributed by atoms with Crippen molar-refractivity contribution in [1.29, 1.82) is 0 Å². The zero-order valence-electron chi connectivity index (χ0n) is 13.7. The fourth-order valence-corrected chi connectivity index (χ4v) is 3.34. The normalized spacial score (nSPS) is 17.1. The van der Waals surface area contributed by atoms with Crippen LogP contribution in [0.1, 0.15) is 42.0 Å². The first-order valence-electron chi connectivity index (χ1n) is 8.07. The van der Waals surface area contributed by atoms with E-state index in [2.05, 4.69) is 45.0 Å². The number of benzene rings is 2. The Labute approximate surface area is 133 Å². The highest BCUT2D eigenvalue weighted by molar-refractivity contribution is 5.48. The predicted molar refractivity (Wildman–Crippen MR) is 91.3 cm³/mol. The summed E-state index contributed by atoms with van der Waals surface area (Å²) < 4.78 is 6.07. The van der Waals surface area contributed by atoms with Crippen LogP contribution in [0.15, 0.2) is 42.5 Å². The fourth-order valence-electron chi connectivity index (χ4n) is 3.34. The lowest BCUT2D eigenvalue weighted by Gasteiger charge is -2.23. The number of hydrogen-bond acceptors (Lipinski definition) is 2. The van der Waals surface area contributed by atoms with E-state index < -0.39 is 0 Å². The summed E-state index contributed by atoms with van der Waals surface area (Å²) in [7, 11) is 0. The summed E-state index contributed by atoms with van der Waals surface area (Å²) in [6.07, 6.45) is 2.40. The molecule has 2 aromatic rings. The zero-order chi connectivity index (χ0) is 15.7. The van der Waals surface area contributed by atoms with Gasteiger partial charge in [0.05, 0.1) is 0 Å². The van der Waals surface area contributed by atoms with Gasteiger partial charge in [0.2, 0.25) is 0 Å². The van der Waals surface area contributed by atoms with Gasteiger partial charge in [-0.15, -0.1) is 0 Å². The van der Waals surface area contributed by atoms with Gasteiger partial charge in [0.25, 0.3) is 0 Å². The molecule has 0 heterocycles. The molecule has 2 nitrogen and oxygen atoms in total. The molecule has 116 valence electrons. The lowest BCUT2D eigenvalue weighted by molar-refractivity contribution is 0.301. The molecule has 0 aromatic heterocycles. The van der Waals surface area contributed by atoms with E-state index in [1.807, 2.05) is 18.2 Å². The van der Waals surface area contributed by atoms with Gasteiger partial charge in [-0.1, -0.05) is 42.5 Å². The minimum absolute atomic E-state index is 0.202. The van der Waals surface area contributed by atoms with Crippen molar-refractivity contribution in [3.8, 4) is 5.75 Å². The van der Waals surface area contributed by atoms with Gasteiger partial charge < -0.3 is 10.5 Å². The first kappa shape index (κ1) is 15.1. The zero-order valence-corrected chi connectivity index (χ0v) is 13.7. The maximum Gasteiger partial charge on any atom is 0.125 e. The maximum absolute atomic E-state index is 6.21. The average Bonchev–Trinajstić information content (AvgIpc) is 3.29. The van der Waals surface area contributed by atoms with Gasteiger partial charge in [0, 0.05) is 11.5 Å². The van der Waals surface area contributed by atoms with Crippen LogP contribution in [-0.2, 0) is 12.0 Å². The predicted octanol–water partition coefficient (Wildman–Crippen LogP) is 4.26. The van der Waals surface area contributed by atoms with Crippen LogP contribution in [0.2, 0.25) is 0 Å². The summed E-state index contributed by atoms with van der Waals surface area (Å²) in [5.74, 6) is 1.01. The van der Waals surface area contributed by atoms with Crippen molar-refractivity contribution >= 4 is 0 Å². The second-order valence-electron chi connectivity index (χ2n) is 6.66. The number of ether oxygens (including phenoxy) is 1. The minimum atomic E-state index is 0.202. The van der Waals surface area contributed by atoms with Gasteiger partial charge in [-0.2, -0.15) is 0 Å². The molecule has 1 aliphatic carbocycles. The molecular formula is C20H25NO. The lowest BCUT2D eigenvalue weighted by atomic mass is 9.87. The molecule has 1 unspecified atom stereocenters. The number of rotatable bonds is 5. The molecule has 1 fully saturated rings. The van der Waals surface area contributed by atoms with Crippen molar-refractivity contribution in [2.75, 3.05) is 0 Å². The Hall–Kier alpha value is -1.80. The molecule has 0 amide bonds. The molecule has 1 aliphatic rings. The maximum atomic E-state index is 6.21. The van der Waals surface area contributed by atoms with Crippen molar-refractivity contribution in [3.05, 3.63) is 64.7 Å². The molecule has 2 heteroatoms. The minimum Gasteiger partial charge on any atom is -0.488 e. The van der Waals surface area contributed by atoms with E-state index in [0.29, 0.717) is 6.61 Å². The molecule has 1 saturated carbocycles. The van der Waals surface area contributed by atoms with E-state index in [1.165, 1.54) is 35.1 Å². The molecule has 0 spiro atoms. The van der Waals surface area contributed by atoms with Crippen molar-refractivity contribution in [2.45, 2.75) is 51.7 Å². The third kappa shape index (κ3) is 2.76. The summed E-state index contributed by atoms with van der Waals surface area (Å²) in [6, 6.07) is 15.0.